The summed E-state index contributed by atoms with van der Waals surface area (Å²) in [5.41, 5.74) is 6.87. The van der Waals surface area contributed by atoms with Crippen LogP contribution in [0.3, 0.4) is 0 Å². The van der Waals surface area contributed by atoms with E-state index in [0.29, 0.717) is 11.9 Å². The summed E-state index contributed by atoms with van der Waals surface area (Å²) in [5.74, 6) is 3.12. The van der Waals surface area contributed by atoms with Gasteiger partial charge in [-0.1, -0.05) is 27.7 Å². The van der Waals surface area contributed by atoms with E-state index in [0.717, 1.165) is 23.1 Å². The molecule has 0 saturated heterocycles. The number of hydrogen-bond acceptors (Lipinski definition) is 4. The molecule has 1 heterocycles. The standard InChI is InChI=1S/C14H24N4/c1-8-6-10(7-8)16-12-9(2)11(15)17-13(18-12)14(3,4)5/h8,10H,6-7H2,1-5H3,(H3,15,16,17,18). The van der Waals surface area contributed by atoms with Crippen LogP contribution in [-0.4, -0.2) is 16.0 Å². The third-order valence-electron chi connectivity index (χ3n) is 3.57. The van der Waals surface area contributed by atoms with Crippen LogP contribution < -0.4 is 11.1 Å². The average Bonchev–Trinajstić information content (AvgIpc) is 2.20. The van der Waals surface area contributed by atoms with Crippen LogP contribution in [0, 0.1) is 12.8 Å². The lowest BCUT2D eigenvalue weighted by Crippen LogP contribution is -2.34. The van der Waals surface area contributed by atoms with Gasteiger partial charge in [0.05, 0.1) is 0 Å². The topological polar surface area (TPSA) is 63.8 Å². The largest absolute Gasteiger partial charge is 0.383 e. The second-order valence-corrected chi connectivity index (χ2v) is 6.57. The van der Waals surface area contributed by atoms with Crippen molar-refractivity contribution >= 4 is 11.6 Å². The van der Waals surface area contributed by atoms with E-state index < -0.39 is 0 Å². The molecular formula is C14H24N4. The van der Waals surface area contributed by atoms with Crippen molar-refractivity contribution < 1.29 is 0 Å². The van der Waals surface area contributed by atoms with Crippen LogP contribution in [-0.2, 0) is 5.41 Å². The lowest BCUT2D eigenvalue weighted by molar-refractivity contribution is 0.308. The third-order valence-corrected chi connectivity index (χ3v) is 3.57. The second kappa shape index (κ2) is 4.41. The van der Waals surface area contributed by atoms with Crippen LogP contribution in [0.2, 0.25) is 0 Å². The highest BCUT2D eigenvalue weighted by Gasteiger charge is 2.27. The van der Waals surface area contributed by atoms with Crippen LogP contribution in [0.4, 0.5) is 11.6 Å². The third kappa shape index (κ3) is 2.57. The van der Waals surface area contributed by atoms with Crippen LogP contribution in [0.25, 0.3) is 0 Å². The molecule has 4 heteroatoms. The van der Waals surface area contributed by atoms with E-state index in [1.165, 1.54) is 12.8 Å². The van der Waals surface area contributed by atoms with E-state index in [2.05, 4.69) is 43.0 Å². The Balaban J connectivity index is 2.25. The number of anilines is 2. The first-order valence-electron chi connectivity index (χ1n) is 6.68. The molecule has 1 fully saturated rings. The zero-order chi connectivity index (χ0) is 13.5. The molecule has 0 spiro atoms. The Labute approximate surface area is 109 Å². The molecule has 1 aliphatic carbocycles. The summed E-state index contributed by atoms with van der Waals surface area (Å²) in [7, 11) is 0. The molecule has 3 N–H and O–H groups in total. The number of aromatic nitrogens is 2. The van der Waals surface area contributed by atoms with Gasteiger partial charge in [-0.2, -0.15) is 0 Å². The minimum absolute atomic E-state index is 0.0782. The molecule has 0 bridgehead atoms. The lowest BCUT2D eigenvalue weighted by atomic mass is 9.82. The van der Waals surface area contributed by atoms with E-state index >= 15 is 0 Å². The van der Waals surface area contributed by atoms with Gasteiger partial charge in [0.15, 0.2) is 0 Å². The molecule has 4 nitrogen and oxygen atoms in total. The second-order valence-electron chi connectivity index (χ2n) is 6.57. The van der Waals surface area contributed by atoms with Gasteiger partial charge in [0.1, 0.15) is 17.5 Å². The van der Waals surface area contributed by atoms with Crippen molar-refractivity contribution in [3.05, 3.63) is 11.4 Å². The monoisotopic (exact) mass is 248 g/mol. The van der Waals surface area contributed by atoms with Crippen molar-refractivity contribution in [3.8, 4) is 0 Å². The zero-order valence-electron chi connectivity index (χ0n) is 12.0. The van der Waals surface area contributed by atoms with Gasteiger partial charge in [-0.15, -0.1) is 0 Å². The van der Waals surface area contributed by atoms with E-state index in [9.17, 15) is 0 Å². The Hall–Kier alpha value is -1.32. The number of nitrogens with zero attached hydrogens (tertiary/aromatic N) is 2. The Bertz CT molecular complexity index is 442. The number of nitrogen functional groups attached to an aromatic ring is 1. The minimum Gasteiger partial charge on any atom is -0.383 e. The predicted octanol–water partition coefficient (Wildman–Crippen LogP) is 2.88. The van der Waals surface area contributed by atoms with Crippen LogP contribution >= 0.6 is 0 Å². The molecule has 0 aliphatic heterocycles. The molecule has 2 rings (SSSR count). The first-order valence-corrected chi connectivity index (χ1v) is 6.68. The van der Waals surface area contributed by atoms with E-state index in [1.54, 1.807) is 0 Å². The molecular weight excluding hydrogens is 224 g/mol. The number of nitrogens with two attached hydrogens (primary N) is 1. The van der Waals surface area contributed by atoms with Crippen molar-refractivity contribution in [1.29, 1.82) is 0 Å². The lowest BCUT2D eigenvalue weighted by Gasteiger charge is -2.34. The molecule has 1 aromatic rings. The Morgan fingerprint density at radius 3 is 2.33 bits per heavy atom. The van der Waals surface area contributed by atoms with Gasteiger partial charge in [0.25, 0.3) is 0 Å². The van der Waals surface area contributed by atoms with Crippen LogP contribution in [0.5, 0.6) is 0 Å². The summed E-state index contributed by atoms with van der Waals surface area (Å²) >= 11 is 0. The molecule has 0 aromatic carbocycles. The molecule has 1 aromatic heterocycles. The number of rotatable bonds is 2. The Morgan fingerprint density at radius 1 is 1.22 bits per heavy atom. The molecule has 0 unspecified atom stereocenters. The van der Waals surface area contributed by atoms with Crippen molar-refractivity contribution in [2.45, 2.75) is 58.9 Å². The van der Waals surface area contributed by atoms with Crippen molar-refractivity contribution in [2.24, 2.45) is 5.92 Å². The maximum Gasteiger partial charge on any atom is 0.138 e. The quantitative estimate of drug-likeness (QED) is 0.844. The van der Waals surface area contributed by atoms with Crippen LogP contribution in [0.15, 0.2) is 0 Å². The first-order chi connectivity index (χ1) is 8.27. The van der Waals surface area contributed by atoms with Crippen molar-refractivity contribution in [3.63, 3.8) is 0 Å². The summed E-state index contributed by atoms with van der Waals surface area (Å²) in [5, 5.41) is 3.50. The Morgan fingerprint density at radius 2 is 1.83 bits per heavy atom. The molecule has 100 valence electrons. The van der Waals surface area contributed by atoms with Gasteiger partial charge in [-0.25, -0.2) is 9.97 Å². The van der Waals surface area contributed by atoms with Gasteiger partial charge < -0.3 is 11.1 Å². The molecule has 0 amide bonds. The highest BCUT2D eigenvalue weighted by Crippen LogP contribution is 2.31. The van der Waals surface area contributed by atoms with Crippen molar-refractivity contribution in [1.82, 2.24) is 9.97 Å². The van der Waals surface area contributed by atoms with Crippen molar-refractivity contribution in [2.75, 3.05) is 11.1 Å². The summed E-state index contributed by atoms with van der Waals surface area (Å²) in [4.78, 5) is 9.05. The van der Waals surface area contributed by atoms with Gasteiger partial charge >= 0.3 is 0 Å². The van der Waals surface area contributed by atoms with Gasteiger partial charge in [0.2, 0.25) is 0 Å². The predicted molar refractivity (Wildman–Crippen MR) is 75.7 cm³/mol. The first kappa shape index (κ1) is 13.1. The summed E-state index contributed by atoms with van der Waals surface area (Å²) < 4.78 is 0. The normalized spacial score (nSPS) is 23.6. The number of nitrogens with one attached hydrogen (secondary N) is 1. The molecule has 1 aliphatic rings. The zero-order valence-corrected chi connectivity index (χ0v) is 12.0. The fourth-order valence-electron chi connectivity index (χ4n) is 2.22. The SMILES string of the molecule is Cc1c(N)nc(C(C)(C)C)nc1NC1CC(C)C1. The van der Waals surface area contributed by atoms with Gasteiger partial charge in [-0.05, 0) is 25.7 Å². The summed E-state index contributed by atoms with van der Waals surface area (Å²) in [6.45, 7) is 10.6. The number of hydrogen-bond donors (Lipinski definition) is 2. The van der Waals surface area contributed by atoms with E-state index in [-0.39, 0.29) is 5.41 Å². The molecule has 1 saturated carbocycles. The average molecular weight is 248 g/mol. The highest BCUT2D eigenvalue weighted by atomic mass is 15.1. The van der Waals surface area contributed by atoms with Crippen LogP contribution in [0.1, 0.15) is 51.9 Å². The van der Waals surface area contributed by atoms with E-state index in [4.69, 9.17) is 5.73 Å². The smallest absolute Gasteiger partial charge is 0.138 e. The Kier molecular flexibility index (Phi) is 3.21. The maximum absolute atomic E-state index is 5.99. The van der Waals surface area contributed by atoms with Gasteiger partial charge in [0, 0.05) is 17.0 Å². The molecule has 0 atom stereocenters. The fraction of sp³-hybridized carbons (Fsp3) is 0.714. The van der Waals surface area contributed by atoms with Gasteiger partial charge in [-0.3, -0.25) is 0 Å². The highest BCUT2D eigenvalue weighted by molar-refractivity contribution is 5.55. The fourth-order valence-corrected chi connectivity index (χ4v) is 2.22. The summed E-state index contributed by atoms with van der Waals surface area (Å²) in [6.07, 6.45) is 2.43. The minimum atomic E-state index is -0.0782. The summed E-state index contributed by atoms with van der Waals surface area (Å²) in [6, 6.07) is 0.542. The molecule has 0 radical (unpaired) electrons. The van der Waals surface area contributed by atoms with E-state index in [1.807, 2.05) is 6.92 Å². The maximum atomic E-state index is 5.99. The molecule has 18 heavy (non-hydrogen) atoms.